The van der Waals surface area contributed by atoms with Gasteiger partial charge in [-0.05, 0) is 25.7 Å². The Morgan fingerprint density at radius 1 is 1.60 bits per heavy atom. The molecule has 2 heteroatoms. The van der Waals surface area contributed by atoms with E-state index in [2.05, 4.69) is 15.9 Å². The van der Waals surface area contributed by atoms with Crippen molar-refractivity contribution in [1.29, 1.82) is 0 Å². The van der Waals surface area contributed by atoms with Gasteiger partial charge in [0.05, 0.1) is 0 Å². The third-order valence-corrected chi connectivity index (χ3v) is 1.06. The highest BCUT2D eigenvalue weighted by molar-refractivity contribution is 5.55. The Labute approximate surface area is 62.3 Å². The molecule has 55 valence electrons. The molecule has 0 saturated heterocycles. The molecule has 0 N–H and O–H groups in total. The van der Waals surface area contributed by atoms with Crippen molar-refractivity contribution >= 4 is 6.21 Å². The topological polar surface area (TPSA) is 21.6 Å². The van der Waals surface area contributed by atoms with Crippen molar-refractivity contribution in [2.45, 2.75) is 25.7 Å². The molecule has 0 aliphatic carbocycles. The van der Waals surface area contributed by atoms with Crippen LogP contribution in [0.5, 0.6) is 0 Å². The molecular formula is C8H12NO. The van der Waals surface area contributed by atoms with Crippen molar-refractivity contribution in [2.75, 3.05) is 7.11 Å². The van der Waals surface area contributed by atoms with Gasteiger partial charge in [0.2, 0.25) is 0 Å². The lowest BCUT2D eigenvalue weighted by Gasteiger charge is -1.89. The summed E-state index contributed by atoms with van der Waals surface area (Å²) < 4.78 is 0. The number of hydrogen-bond acceptors (Lipinski definition) is 2. The molecule has 0 aromatic heterocycles. The molecule has 0 saturated carbocycles. The quantitative estimate of drug-likeness (QED) is 0.245. The summed E-state index contributed by atoms with van der Waals surface area (Å²) in [7, 11) is 1.53. The third kappa shape index (κ3) is 7.03. The Balaban J connectivity index is 2.92. The summed E-state index contributed by atoms with van der Waals surface area (Å²) in [5.74, 6) is 2.33. The maximum absolute atomic E-state index is 6.61. The lowest BCUT2D eigenvalue weighted by Crippen LogP contribution is -1.78. The minimum Gasteiger partial charge on any atom is -0.399 e. The molecule has 0 aliphatic heterocycles. The second kappa shape index (κ2) is 8.03. The number of hydrogen-bond donors (Lipinski definition) is 0. The second-order valence-corrected chi connectivity index (χ2v) is 1.89. The van der Waals surface area contributed by atoms with Crippen LogP contribution in [0, 0.1) is 12.3 Å². The number of oxime groups is 1. The molecule has 0 unspecified atom stereocenters. The minimum absolute atomic E-state index is 0.751. The monoisotopic (exact) mass is 138 g/mol. The van der Waals surface area contributed by atoms with Crippen molar-refractivity contribution < 1.29 is 4.84 Å². The zero-order chi connectivity index (χ0) is 7.66. The fourth-order valence-corrected chi connectivity index (χ4v) is 0.576. The molecule has 0 aliphatic rings. The highest BCUT2D eigenvalue weighted by atomic mass is 16.6. The fraction of sp³-hybridized carbons (Fsp3) is 0.625. The number of nitrogens with zero attached hydrogens (tertiary/aromatic N) is 1. The van der Waals surface area contributed by atoms with E-state index >= 15 is 0 Å². The Kier molecular flexibility index (Phi) is 7.25. The van der Waals surface area contributed by atoms with E-state index in [0.29, 0.717) is 0 Å². The van der Waals surface area contributed by atoms with Gasteiger partial charge in [-0.1, -0.05) is 11.1 Å². The van der Waals surface area contributed by atoms with Gasteiger partial charge in [-0.2, -0.15) is 0 Å². The van der Waals surface area contributed by atoms with Crippen LogP contribution >= 0.6 is 0 Å². The smallest absolute Gasteiger partial charge is 0.106 e. The minimum atomic E-state index is 0.751. The van der Waals surface area contributed by atoms with E-state index in [0.717, 1.165) is 25.7 Å². The van der Waals surface area contributed by atoms with Gasteiger partial charge >= 0.3 is 0 Å². The molecule has 0 aromatic carbocycles. The second-order valence-electron chi connectivity index (χ2n) is 1.89. The van der Waals surface area contributed by atoms with Gasteiger partial charge in [-0.3, -0.25) is 0 Å². The lowest BCUT2D eigenvalue weighted by atomic mass is 10.2. The SMILES string of the molecule is [C]#CCCCCC=NOC. The summed E-state index contributed by atoms with van der Waals surface area (Å²) in [5.41, 5.74) is 0. The van der Waals surface area contributed by atoms with Crippen molar-refractivity contribution in [3.8, 4) is 5.92 Å². The molecule has 0 amide bonds. The van der Waals surface area contributed by atoms with E-state index in [1.165, 1.54) is 7.11 Å². The highest BCUT2D eigenvalue weighted by Crippen LogP contribution is 1.95. The van der Waals surface area contributed by atoms with Crippen LogP contribution in [0.15, 0.2) is 5.16 Å². The molecule has 2 nitrogen and oxygen atoms in total. The normalized spacial score (nSPS) is 9.60. The van der Waals surface area contributed by atoms with E-state index in [1.54, 1.807) is 6.21 Å². The molecule has 0 rings (SSSR count). The molecule has 0 atom stereocenters. The van der Waals surface area contributed by atoms with Gasteiger partial charge in [-0.15, -0.1) is 0 Å². The third-order valence-electron chi connectivity index (χ3n) is 1.06. The fourth-order valence-electron chi connectivity index (χ4n) is 0.576. The Hall–Kier alpha value is -0.970. The molecule has 0 spiro atoms. The van der Waals surface area contributed by atoms with Crippen molar-refractivity contribution in [3.63, 3.8) is 0 Å². The van der Waals surface area contributed by atoms with Crippen molar-refractivity contribution in [3.05, 3.63) is 6.42 Å². The molecule has 1 radical (unpaired) electrons. The Bertz CT molecular complexity index is 124. The van der Waals surface area contributed by atoms with Crippen molar-refractivity contribution in [2.24, 2.45) is 5.16 Å². The predicted molar refractivity (Wildman–Crippen MR) is 41.1 cm³/mol. The van der Waals surface area contributed by atoms with Gasteiger partial charge in [0.25, 0.3) is 0 Å². The van der Waals surface area contributed by atoms with Gasteiger partial charge in [-0.25, -0.2) is 0 Å². The van der Waals surface area contributed by atoms with E-state index < -0.39 is 0 Å². The average molecular weight is 138 g/mol. The maximum Gasteiger partial charge on any atom is 0.106 e. The zero-order valence-electron chi connectivity index (χ0n) is 6.26. The van der Waals surface area contributed by atoms with Crippen LogP contribution in [0.3, 0.4) is 0 Å². The zero-order valence-corrected chi connectivity index (χ0v) is 6.26. The summed E-state index contributed by atoms with van der Waals surface area (Å²) in [6, 6.07) is 0. The van der Waals surface area contributed by atoms with Gasteiger partial charge < -0.3 is 4.84 Å². The van der Waals surface area contributed by atoms with E-state index in [-0.39, 0.29) is 0 Å². The summed E-state index contributed by atoms with van der Waals surface area (Å²) in [4.78, 5) is 4.47. The first-order valence-electron chi connectivity index (χ1n) is 3.36. The van der Waals surface area contributed by atoms with Crippen LogP contribution in [-0.2, 0) is 4.84 Å². The summed E-state index contributed by atoms with van der Waals surface area (Å²) in [5, 5.41) is 3.58. The Morgan fingerprint density at radius 3 is 3.00 bits per heavy atom. The van der Waals surface area contributed by atoms with Gasteiger partial charge in [0, 0.05) is 12.6 Å². The van der Waals surface area contributed by atoms with Crippen LogP contribution in [0.25, 0.3) is 0 Å². The van der Waals surface area contributed by atoms with E-state index in [9.17, 15) is 0 Å². The number of unbranched alkanes of at least 4 members (excludes halogenated alkanes) is 3. The first-order chi connectivity index (χ1) is 4.91. The van der Waals surface area contributed by atoms with Crippen LogP contribution < -0.4 is 0 Å². The van der Waals surface area contributed by atoms with Gasteiger partial charge in [0.15, 0.2) is 0 Å². The summed E-state index contributed by atoms with van der Waals surface area (Å²) in [6.07, 6.45) is 12.1. The van der Waals surface area contributed by atoms with Crippen LogP contribution in [0.2, 0.25) is 0 Å². The average Bonchev–Trinajstić information content (AvgIpc) is 1.97. The lowest BCUT2D eigenvalue weighted by molar-refractivity contribution is 0.214. The first-order valence-corrected chi connectivity index (χ1v) is 3.36. The van der Waals surface area contributed by atoms with Crippen LogP contribution in [-0.4, -0.2) is 13.3 Å². The molecule has 0 bridgehead atoms. The highest BCUT2D eigenvalue weighted by Gasteiger charge is 1.82. The summed E-state index contributed by atoms with van der Waals surface area (Å²) in [6.45, 7) is 0. The van der Waals surface area contributed by atoms with E-state index in [4.69, 9.17) is 6.42 Å². The molecule has 0 fully saturated rings. The molecule has 0 aromatic rings. The standard InChI is InChI=1S/C8H12NO/c1-3-4-5-6-7-8-9-10-2/h8H,4-7H2,2H3. The largest absolute Gasteiger partial charge is 0.399 e. The van der Waals surface area contributed by atoms with Crippen LogP contribution in [0.1, 0.15) is 25.7 Å². The maximum atomic E-state index is 6.61. The Morgan fingerprint density at radius 2 is 2.40 bits per heavy atom. The first kappa shape index (κ1) is 9.03. The van der Waals surface area contributed by atoms with E-state index in [1.807, 2.05) is 0 Å². The molecular weight excluding hydrogens is 126 g/mol. The van der Waals surface area contributed by atoms with Crippen molar-refractivity contribution in [1.82, 2.24) is 0 Å². The molecule has 0 heterocycles. The van der Waals surface area contributed by atoms with Crippen LogP contribution in [0.4, 0.5) is 0 Å². The van der Waals surface area contributed by atoms with Gasteiger partial charge in [0.1, 0.15) is 7.11 Å². The molecule has 10 heavy (non-hydrogen) atoms. The number of rotatable bonds is 5. The summed E-state index contributed by atoms with van der Waals surface area (Å²) >= 11 is 0. The predicted octanol–water partition coefficient (Wildman–Crippen LogP) is 1.77.